The highest BCUT2D eigenvalue weighted by atomic mass is 32.1. The normalized spacial score (nSPS) is 9.90. The van der Waals surface area contributed by atoms with E-state index in [4.69, 9.17) is 4.74 Å². The average molecular weight is 299 g/mol. The highest BCUT2D eigenvalue weighted by molar-refractivity contribution is 7.09. The summed E-state index contributed by atoms with van der Waals surface area (Å²) in [7, 11) is 0. The number of amides is 3. The molecule has 0 aliphatic heterocycles. The zero-order chi connectivity index (χ0) is 15.0. The first-order valence-corrected chi connectivity index (χ1v) is 7.03. The molecule has 0 aromatic carbocycles. The van der Waals surface area contributed by atoms with Crippen LogP contribution in [0.1, 0.15) is 24.0 Å². The second-order valence-corrected chi connectivity index (χ2v) is 5.06. The van der Waals surface area contributed by atoms with E-state index in [9.17, 15) is 14.4 Å². The molecule has 0 aliphatic rings. The lowest BCUT2D eigenvalue weighted by molar-refractivity contribution is -0.147. The Bertz CT molecular complexity index is 487. The van der Waals surface area contributed by atoms with Gasteiger partial charge in [-0.25, -0.2) is 9.78 Å². The maximum Gasteiger partial charge on any atom is 0.321 e. The van der Waals surface area contributed by atoms with Crippen molar-refractivity contribution in [2.24, 2.45) is 0 Å². The molecule has 20 heavy (non-hydrogen) atoms. The van der Waals surface area contributed by atoms with Crippen LogP contribution in [0.5, 0.6) is 0 Å². The van der Waals surface area contributed by atoms with Crippen molar-refractivity contribution >= 4 is 29.2 Å². The Morgan fingerprint density at radius 1 is 1.40 bits per heavy atom. The van der Waals surface area contributed by atoms with Gasteiger partial charge in [0.25, 0.3) is 5.91 Å². The number of imide groups is 1. The van der Waals surface area contributed by atoms with Gasteiger partial charge in [-0.1, -0.05) is 6.92 Å². The third kappa shape index (κ3) is 6.28. The smallest absolute Gasteiger partial charge is 0.321 e. The molecule has 8 heteroatoms. The number of nitrogens with zero attached hydrogens (tertiary/aromatic N) is 1. The van der Waals surface area contributed by atoms with E-state index in [1.807, 2.05) is 13.8 Å². The zero-order valence-corrected chi connectivity index (χ0v) is 12.2. The van der Waals surface area contributed by atoms with Crippen LogP contribution in [0.4, 0.5) is 4.79 Å². The lowest BCUT2D eigenvalue weighted by atomic mass is 10.3. The maximum absolute atomic E-state index is 11.4. The second kappa shape index (κ2) is 8.26. The molecule has 2 N–H and O–H groups in total. The van der Waals surface area contributed by atoms with Crippen LogP contribution < -0.4 is 10.6 Å². The van der Waals surface area contributed by atoms with Crippen molar-refractivity contribution < 1.29 is 19.1 Å². The van der Waals surface area contributed by atoms with Crippen LogP contribution in [0, 0.1) is 6.92 Å². The number of aromatic nitrogens is 1. The maximum atomic E-state index is 11.4. The van der Waals surface area contributed by atoms with E-state index in [0.717, 1.165) is 11.4 Å². The van der Waals surface area contributed by atoms with E-state index in [2.05, 4.69) is 15.6 Å². The fourth-order valence-electron chi connectivity index (χ4n) is 1.28. The summed E-state index contributed by atoms with van der Waals surface area (Å²) in [6.07, 6.45) is 0.781. The van der Waals surface area contributed by atoms with Crippen LogP contribution in [0.2, 0.25) is 0 Å². The van der Waals surface area contributed by atoms with Crippen molar-refractivity contribution in [3.05, 3.63) is 16.1 Å². The molecular formula is C12H17N3O4S. The lowest BCUT2D eigenvalue weighted by Crippen LogP contribution is -2.41. The van der Waals surface area contributed by atoms with Crippen molar-refractivity contribution in [2.75, 3.05) is 13.2 Å². The minimum atomic E-state index is -0.665. The standard InChI is InChI=1S/C12H17N3O4S/c1-3-4-13-12(18)15-10(16)6-19-11(17)5-9-7-20-8(2)14-9/h7H,3-6H2,1-2H3,(H2,13,15,16,18). The largest absolute Gasteiger partial charge is 0.455 e. The summed E-state index contributed by atoms with van der Waals surface area (Å²) in [5, 5.41) is 7.15. The van der Waals surface area contributed by atoms with Crippen molar-refractivity contribution in [1.29, 1.82) is 0 Å². The minimum Gasteiger partial charge on any atom is -0.455 e. The molecule has 0 saturated carbocycles. The topological polar surface area (TPSA) is 97.4 Å². The molecule has 1 aromatic heterocycles. The summed E-state index contributed by atoms with van der Waals surface area (Å²) in [5.74, 6) is -1.22. The van der Waals surface area contributed by atoms with Crippen LogP contribution in [-0.2, 0) is 20.7 Å². The Hall–Kier alpha value is -1.96. The van der Waals surface area contributed by atoms with Crippen LogP contribution in [-0.4, -0.2) is 36.0 Å². The van der Waals surface area contributed by atoms with Crippen molar-refractivity contribution in [3.63, 3.8) is 0 Å². The summed E-state index contributed by atoms with van der Waals surface area (Å²) < 4.78 is 4.76. The monoisotopic (exact) mass is 299 g/mol. The highest BCUT2D eigenvalue weighted by Gasteiger charge is 2.12. The van der Waals surface area contributed by atoms with Crippen LogP contribution in [0.15, 0.2) is 5.38 Å². The van der Waals surface area contributed by atoms with Crippen molar-refractivity contribution in [3.8, 4) is 0 Å². The molecule has 1 rings (SSSR count). The van der Waals surface area contributed by atoms with Crippen LogP contribution in [0.3, 0.4) is 0 Å². The van der Waals surface area contributed by atoms with E-state index in [0.29, 0.717) is 12.2 Å². The van der Waals surface area contributed by atoms with Gasteiger partial charge in [-0.05, 0) is 13.3 Å². The number of urea groups is 1. The van der Waals surface area contributed by atoms with Gasteiger partial charge in [0, 0.05) is 11.9 Å². The Kier molecular flexibility index (Phi) is 6.65. The Morgan fingerprint density at radius 2 is 2.15 bits per heavy atom. The molecule has 0 atom stereocenters. The number of carbonyl (C=O) groups excluding carboxylic acids is 3. The van der Waals surface area contributed by atoms with Gasteiger partial charge < -0.3 is 10.1 Å². The Balaban J connectivity index is 2.23. The number of hydrogen-bond donors (Lipinski definition) is 2. The summed E-state index contributed by atoms with van der Waals surface area (Å²) >= 11 is 1.44. The van der Waals surface area contributed by atoms with Gasteiger partial charge in [0.15, 0.2) is 6.61 Å². The summed E-state index contributed by atoms with van der Waals surface area (Å²) in [4.78, 5) is 38.0. The molecule has 3 amide bonds. The third-order valence-electron chi connectivity index (χ3n) is 2.14. The molecule has 7 nitrogen and oxygen atoms in total. The predicted octanol–water partition coefficient (Wildman–Crippen LogP) is 0.773. The van der Waals surface area contributed by atoms with Gasteiger partial charge >= 0.3 is 12.0 Å². The zero-order valence-electron chi connectivity index (χ0n) is 11.4. The molecular weight excluding hydrogens is 282 g/mol. The number of esters is 1. The molecule has 0 unspecified atom stereocenters. The fraction of sp³-hybridized carbons (Fsp3) is 0.500. The van der Waals surface area contributed by atoms with Crippen LogP contribution >= 0.6 is 11.3 Å². The van der Waals surface area contributed by atoms with E-state index in [1.54, 1.807) is 5.38 Å². The minimum absolute atomic E-state index is 0.0135. The van der Waals surface area contributed by atoms with E-state index >= 15 is 0 Å². The number of rotatable bonds is 6. The Morgan fingerprint density at radius 3 is 2.75 bits per heavy atom. The molecule has 0 fully saturated rings. The van der Waals surface area contributed by atoms with Crippen molar-refractivity contribution in [1.82, 2.24) is 15.6 Å². The summed E-state index contributed by atoms with van der Waals surface area (Å²) in [5.41, 5.74) is 0.610. The number of ether oxygens (including phenoxy) is 1. The second-order valence-electron chi connectivity index (χ2n) is 4.00. The molecule has 0 spiro atoms. The van der Waals surface area contributed by atoms with Gasteiger partial charge in [-0.15, -0.1) is 11.3 Å². The fourth-order valence-corrected chi connectivity index (χ4v) is 1.89. The first kappa shape index (κ1) is 16.1. The first-order chi connectivity index (χ1) is 9.51. The Labute approximate surface area is 120 Å². The highest BCUT2D eigenvalue weighted by Crippen LogP contribution is 2.08. The number of hydrogen-bond acceptors (Lipinski definition) is 6. The van der Waals surface area contributed by atoms with Gasteiger partial charge in [0.2, 0.25) is 0 Å². The quantitative estimate of drug-likeness (QED) is 0.756. The van der Waals surface area contributed by atoms with E-state index in [-0.39, 0.29) is 6.42 Å². The number of carbonyl (C=O) groups is 3. The summed E-state index contributed by atoms with van der Waals surface area (Å²) in [6.45, 7) is 3.72. The predicted molar refractivity (Wildman–Crippen MR) is 73.3 cm³/mol. The molecule has 0 bridgehead atoms. The van der Waals surface area contributed by atoms with Crippen LogP contribution in [0.25, 0.3) is 0 Å². The SMILES string of the molecule is CCCNC(=O)NC(=O)COC(=O)Cc1csc(C)n1. The van der Waals surface area contributed by atoms with Gasteiger partial charge in [-0.2, -0.15) is 0 Å². The van der Waals surface area contributed by atoms with Crippen molar-refractivity contribution in [2.45, 2.75) is 26.7 Å². The van der Waals surface area contributed by atoms with E-state index < -0.39 is 24.5 Å². The lowest BCUT2D eigenvalue weighted by Gasteiger charge is -2.06. The van der Waals surface area contributed by atoms with E-state index in [1.165, 1.54) is 11.3 Å². The molecule has 0 saturated heterocycles. The molecule has 110 valence electrons. The van der Waals surface area contributed by atoms with Gasteiger partial charge in [0.1, 0.15) is 0 Å². The summed E-state index contributed by atoms with van der Waals surface area (Å²) in [6, 6.07) is -0.594. The average Bonchev–Trinajstić information content (AvgIpc) is 2.79. The number of aryl methyl sites for hydroxylation is 1. The van der Waals surface area contributed by atoms with Gasteiger partial charge in [0.05, 0.1) is 17.1 Å². The molecule has 0 aliphatic carbocycles. The number of thiazole rings is 1. The molecule has 1 heterocycles. The molecule has 0 radical (unpaired) electrons. The van der Waals surface area contributed by atoms with Gasteiger partial charge in [-0.3, -0.25) is 14.9 Å². The number of nitrogens with one attached hydrogen (secondary N) is 2. The molecule has 1 aromatic rings. The first-order valence-electron chi connectivity index (χ1n) is 6.15. The third-order valence-corrected chi connectivity index (χ3v) is 2.97.